The lowest BCUT2D eigenvalue weighted by molar-refractivity contribution is 0.0734. The third kappa shape index (κ3) is 9.56. The first-order valence-electron chi connectivity index (χ1n) is 13.5. The highest BCUT2D eigenvalue weighted by molar-refractivity contribution is 5.91. The Kier molecular flexibility index (Phi) is 11.4. The molecular formula is C30H42O5. The number of unbranched alkanes of at least 4 members (excludes halogenated alkanes) is 7. The average Bonchev–Trinajstić information content (AvgIpc) is 3.64. The molecule has 1 aliphatic heterocycles. The zero-order valence-electron chi connectivity index (χ0n) is 21.7. The van der Waals surface area contributed by atoms with Crippen LogP contribution in [-0.2, 0) is 4.74 Å². The Bertz CT molecular complexity index is 861. The molecule has 1 fully saturated rings. The predicted octanol–water partition coefficient (Wildman–Crippen LogP) is 7.76. The normalized spacial score (nSPS) is 17.6. The topological polar surface area (TPSA) is 57.3 Å². The number of epoxide rings is 1. The van der Waals surface area contributed by atoms with Crippen molar-refractivity contribution in [1.29, 1.82) is 0 Å². The minimum Gasteiger partial charge on any atom is -0.494 e. The van der Waals surface area contributed by atoms with Gasteiger partial charge in [-0.05, 0) is 68.3 Å². The summed E-state index contributed by atoms with van der Waals surface area (Å²) in [6, 6.07) is 14.3. The molecule has 0 unspecified atom stereocenters. The minimum atomic E-state index is -0.393. The van der Waals surface area contributed by atoms with Gasteiger partial charge in [-0.15, -0.1) is 0 Å². The van der Waals surface area contributed by atoms with Crippen LogP contribution in [0.25, 0.3) is 0 Å². The van der Waals surface area contributed by atoms with Gasteiger partial charge in [0, 0.05) is 0 Å². The average molecular weight is 483 g/mol. The second-order valence-electron chi connectivity index (χ2n) is 9.46. The summed E-state index contributed by atoms with van der Waals surface area (Å²) < 4.78 is 23.0. The van der Waals surface area contributed by atoms with Gasteiger partial charge in [0.25, 0.3) is 0 Å². The molecule has 0 amide bonds. The molecular weight excluding hydrogens is 440 g/mol. The van der Waals surface area contributed by atoms with E-state index in [2.05, 4.69) is 13.8 Å². The lowest BCUT2D eigenvalue weighted by Gasteiger charge is -2.13. The second-order valence-corrected chi connectivity index (χ2v) is 9.46. The Morgan fingerprint density at radius 2 is 1.40 bits per heavy atom. The van der Waals surface area contributed by atoms with Crippen molar-refractivity contribution in [2.24, 2.45) is 0 Å². The highest BCUT2D eigenvalue weighted by Crippen LogP contribution is 2.32. The van der Waals surface area contributed by atoms with Crippen LogP contribution >= 0.6 is 0 Å². The van der Waals surface area contributed by atoms with Crippen molar-refractivity contribution >= 4 is 5.97 Å². The fourth-order valence-corrected chi connectivity index (χ4v) is 4.23. The molecule has 0 spiro atoms. The Labute approximate surface area is 211 Å². The summed E-state index contributed by atoms with van der Waals surface area (Å²) >= 11 is 0. The molecule has 1 saturated heterocycles. The van der Waals surface area contributed by atoms with Crippen molar-refractivity contribution < 1.29 is 23.7 Å². The summed E-state index contributed by atoms with van der Waals surface area (Å²) in [5.41, 5.74) is 0.492. The van der Waals surface area contributed by atoms with E-state index in [9.17, 15) is 4.79 Å². The van der Waals surface area contributed by atoms with E-state index in [-0.39, 0.29) is 12.2 Å². The van der Waals surface area contributed by atoms with Gasteiger partial charge >= 0.3 is 5.97 Å². The zero-order valence-corrected chi connectivity index (χ0v) is 21.7. The minimum absolute atomic E-state index is 0.00349. The molecule has 3 rings (SSSR count). The zero-order chi connectivity index (χ0) is 24.9. The van der Waals surface area contributed by atoms with Gasteiger partial charge in [0.2, 0.25) is 0 Å². The summed E-state index contributed by atoms with van der Waals surface area (Å²) in [6.07, 6.45) is 12.9. The first kappa shape index (κ1) is 27.1. The fraction of sp³-hybridized carbons (Fsp3) is 0.567. The number of carbonyl (C=O) groups is 1. The first-order valence-corrected chi connectivity index (χ1v) is 13.5. The van der Waals surface area contributed by atoms with Crippen LogP contribution in [0, 0.1) is 0 Å². The van der Waals surface area contributed by atoms with Crippen LogP contribution in [0.2, 0.25) is 0 Å². The molecule has 1 aliphatic rings. The summed E-state index contributed by atoms with van der Waals surface area (Å²) in [4.78, 5) is 12.5. The number of ether oxygens (including phenoxy) is 4. The molecule has 5 heteroatoms. The summed E-state index contributed by atoms with van der Waals surface area (Å²) in [7, 11) is 0. The van der Waals surface area contributed by atoms with Gasteiger partial charge < -0.3 is 18.9 Å². The second kappa shape index (κ2) is 14.8. The smallest absolute Gasteiger partial charge is 0.343 e. The van der Waals surface area contributed by atoms with Crippen molar-refractivity contribution in [2.75, 3.05) is 6.61 Å². The van der Waals surface area contributed by atoms with E-state index in [0.717, 1.165) is 30.8 Å². The molecule has 35 heavy (non-hydrogen) atoms. The summed E-state index contributed by atoms with van der Waals surface area (Å²) in [5.74, 6) is 1.61. The number of carbonyl (C=O) groups excluding carboxylic acids is 1. The molecule has 0 saturated carbocycles. The van der Waals surface area contributed by atoms with Gasteiger partial charge in [0.05, 0.1) is 18.3 Å². The van der Waals surface area contributed by atoms with E-state index in [4.69, 9.17) is 18.9 Å². The maximum atomic E-state index is 12.5. The van der Waals surface area contributed by atoms with Crippen molar-refractivity contribution in [2.45, 2.75) is 103 Å². The number of rotatable bonds is 17. The quantitative estimate of drug-likeness (QED) is 0.0998. The van der Waals surface area contributed by atoms with Crippen molar-refractivity contribution in [3.05, 3.63) is 54.1 Å². The standard InChI is InChI=1S/C30H42O5/c1-4-6-7-8-9-10-11-12-22-32-25-16-14-24(15-17-25)30(31)34-27-20-18-26(19-21-27)33-23(3)29-28(35-29)13-5-2/h14-21,23,28-29H,4-13,22H2,1-3H3/t23-,28+,29-/m0/s1. The monoisotopic (exact) mass is 482 g/mol. The van der Waals surface area contributed by atoms with Gasteiger partial charge in [-0.25, -0.2) is 4.79 Å². The van der Waals surface area contributed by atoms with E-state index < -0.39 is 5.97 Å². The van der Waals surface area contributed by atoms with Crippen LogP contribution in [0.15, 0.2) is 48.5 Å². The SMILES string of the molecule is CCCCCCCCCCOc1ccc(C(=O)Oc2ccc(O[C@@H](C)[C@@H]3O[C@@H]3CCC)cc2)cc1. The van der Waals surface area contributed by atoms with Crippen molar-refractivity contribution in [1.82, 2.24) is 0 Å². The van der Waals surface area contributed by atoms with E-state index in [1.165, 1.54) is 44.9 Å². The maximum absolute atomic E-state index is 12.5. The molecule has 1 heterocycles. The Balaban J connectivity index is 1.34. The molecule has 0 aromatic heterocycles. The Hall–Kier alpha value is -2.53. The van der Waals surface area contributed by atoms with Gasteiger partial charge in [0.15, 0.2) is 0 Å². The number of esters is 1. The van der Waals surface area contributed by atoms with Crippen LogP contribution in [0.1, 0.15) is 95.3 Å². The summed E-state index contributed by atoms with van der Waals surface area (Å²) in [6.45, 7) is 7.14. The number of benzene rings is 2. The van der Waals surface area contributed by atoms with Gasteiger partial charge in [0.1, 0.15) is 29.5 Å². The van der Waals surface area contributed by atoms with Crippen LogP contribution in [0.3, 0.4) is 0 Å². The van der Waals surface area contributed by atoms with Crippen LogP contribution in [0.5, 0.6) is 17.2 Å². The molecule has 3 atom stereocenters. The Morgan fingerprint density at radius 3 is 2.06 bits per heavy atom. The lowest BCUT2D eigenvalue weighted by atomic mass is 10.1. The van der Waals surface area contributed by atoms with Crippen molar-refractivity contribution in [3.8, 4) is 17.2 Å². The van der Waals surface area contributed by atoms with Gasteiger partial charge in [-0.1, -0.05) is 65.2 Å². The predicted molar refractivity (Wildman–Crippen MR) is 140 cm³/mol. The highest BCUT2D eigenvalue weighted by Gasteiger charge is 2.43. The largest absolute Gasteiger partial charge is 0.494 e. The molecule has 0 radical (unpaired) electrons. The van der Waals surface area contributed by atoms with Crippen LogP contribution in [0.4, 0.5) is 0 Å². The van der Waals surface area contributed by atoms with E-state index in [1.807, 2.05) is 31.2 Å². The fourth-order valence-electron chi connectivity index (χ4n) is 4.23. The molecule has 0 aliphatic carbocycles. The molecule has 0 N–H and O–H groups in total. The third-order valence-electron chi connectivity index (χ3n) is 6.37. The number of hydrogen-bond donors (Lipinski definition) is 0. The Morgan fingerprint density at radius 1 is 0.800 bits per heavy atom. The van der Waals surface area contributed by atoms with E-state index in [0.29, 0.717) is 24.0 Å². The molecule has 0 bridgehead atoms. The van der Waals surface area contributed by atoms with E-state index >= 15 is 0 Å². The third-order valence-corrected chi connectivity index (χ3v) is 6.37. The summed E-state index contributed by atoms with van der Waals surface area (Å²) in [5, 5.41) is 0. The van der Waals surface area contributed by atoms with Crippen LogP contribution in [-0.4, -0.2) is 30.9 Å². The van der Waals surface area contributed by atoms with Gasteiger partial charge in [-0.2, -0.15) is 0 Å². The maximum Gasteiger partial charge on any atom is 0.343 e. The number of hydrogen-bond acceptors (Lipinski definition) is 5. The molecule has 2 aromatic rings. The molecule has 192 valence electrons. The molecule has 2 aromatic carbocycles. The lowest BCUT2D eigenvalue weighted by Crippen LogP contribution is -2.20. The molecule has 5 nitrogen and oxygen atoms in total. The van der Waals surface area contributed by atoms with E-state index in [1.54, 1.807) is 24.3 Å². The van der Waals surface area contributed by atoms with Gasteiger partial charge in [-0.3, -0.25) is 0 Å². The van der Waals surface area contributed by atoms with Crippen LogP contribution < -0.4 is 14.2 Å². The van der Waals surface area contributed by atoms with Crippen molar-refractivity contribution in [3.63, 3.8) is 0 Å². The first-order chi connectivity index (χ1) is 17.1. The highest BCUT2D eigenvalue weighted by atomic mass is 16.6.